The third-order valence-corrected chi connectivity index (χ3v) is 8.53. The quantitative estimate of drug-likeness (QED) is 0.326. The van der Waals surface area contributed by atoms with Gasteiger partial charge in [0.1, 0.15) is 11.6 Å². The van der Waals surface area contributed by atoms with Gasteiger partial charge in [0.25, 0.3) is 0 Å². The van der Waals surface area contributed by atoms with Crippen LogP contribution in [0, 0.1) is 17.7 Å². The Balaban J connectivity index is 1.34. The lowest BCUT2D eigenvalue weighted by Gasteiger charge is -2.38. The van der Waals surface area contributed by atoms with Crippen LogP contribution in [0.15, 0.2) is 46.1 Å². The summed E-state index contributed by atoms with van der Waals surface area (Å²) in [4.78, 5) is 19.5. The molecule has 8 heteroatoms. The van der Waals surface area contributed by atoms with Crippen LogP contribution in [-0.4, -0.2) is 53.5 Å². The van der Waals surface area contributed by atoms with Gasteiger partial charge in [0, 0.05) is 40.9 Å². The molecule has 1 aliphatic rings. The third kappa shape index (κ3) is 6.49. The fourth-order valence-electron chi connectivity index (χ4n) is 4.95. The summed E-state index contributed by atoms with van der Waals surface area (Å²) in [5.41, 5.74) is 1.43. The van der Waals surface area contributed by atoms with Crippen molar-refractivity contribution >= 4 is 40.0 Å². The average molecular weight is 503 g/mol. The maximum atomic E-state index is 14.7. The number of carbonyl (C=O) groups is 1. The van der Waals surface area contributed by atoms with Crippen LogP contribution in [-0.2, 0) is 11.2 Å². The number of thioether (sulfide) groups is 1. The number of ether oxygens (including phenoxy) is 1. The topological polar surface area (TPSA) is 62.7 Å². The molecule has 0 saturated carbocycles. The van der Waals surface area contributed by atoms with E-state index in [4.69, 9.17) is 4.74 Å². The van der Waals surface area contributed by atoms with E-state index in [9.17, 15) is 14.3 Å². The van der Waals surface area contributed by atoms with Crippen molar-refractivity contribution in [3.63, 3.8) is 0 Å². The number of methoxy groups -OCH3 is 1. The number of likely N-dealkylation sites (tertiary alicyclic amines) is 1. The number of halogens is 1. The average Bonchev–Trinajstić information content (AvgIpc) is 3.34. The van der Waals surface area contributed by atoms with Gasteiger partial charge in [0.15, 0.2) is 0 Å². The smallest absolute Gasteiger partial charge is 0.303 e. The lowest BCUT2D eigenvalue weighted by atomic mass is 9.80. The standard InChI is InChI=1S/C26H31FN2O3S2/c1-32-20-5-6-25-23(14-20)22(24(27)15-28-25)4-2-3-18-7-9-29(16-19(18)13-26(30)31)10-12-34-21-8-11-33-17-21/h5-6,8,11,14-15,17-19H,2-4,7,9-10,12-13,16H2,1H3,(H,30,31)/t18-,19-/m1/s1. The molecule has 2 aromatic heterocycles. The van der Waals surface area contributed by atoms with E-state index >= 15 is 0 Å². The fraction of sp³-hybridized carbons (Fsp3) is 0.462. The molecule has 182 valence electrons. The SMILES string of the molecule is COc1ccc2ncc(F)c(CCC[C@@H]3CCN(CCSc4ccsc4)C[C@H]3CC(=O)O)c2c1. The predicted octanol–water partition coefficient (Wildman–Crippen LogP) is 5.97. The fourth-order valence-corrected chi connectivity index (χ4v) is 6.74. The van der Waals surface area contributed by atoms with Gasteiger partial charge in [-0.15, -0.1) is 11.8 Å². The minimum Gasteiger partial charge on any atom is -0.497 e. The van der Waals surface area contributed by atoms with Crippen LogP contribution in [0.25, 0.3) is 10.9 Å². The van der Waals surface area contributed by atoms with Crippen LogP contribution in [0.4, 0.5) is 4.39 Å². The highest BCUT2D eigenvalue weighted by Gasteiger charge is 2.30. The molecular formula is C26H31FN2O3S2. The number of hydrogen-bond acceptors (Lipinski definition) is 6. The molecule has 1 fully saturated rings. The van der Waals surface area contributed by atoms with Gasteiger partial charge in [0.05, 0.1) is 18.8 Å². The normalized spacial score (nSPS) is 18.9. The molecule has 34 heavy (non-hydrogen) atoms. The second-order valence-electron chi connectivity index (χ2n) is 8.87. The van der Waals surface area contributed by atoms with Gasteiger partial charge in [0.2, 0.25) is 0 Å². The number of rotatable bonds is 11. The van der Waals surface area contributed by atoms with Crippen molar-refractivity contribution in [1.29, 1.82) is 0 Å². The zero-order valence-corrected chi connectivity index (χ0v) is 21.0. The Morgan fingerprint density at radius 1 is 1.35 bits per heavy atom. The van der Waals surface area contributed by atoms with E-state index in [1.807, 2.05) is 30.0 Å². The summed E-state index contributed by atoms with van der Waals surface area (Å²) in [5.74, 6) is 1.16. The zero-order chi connectivity index (χ0) is 23.9. The number of aliphatic carboxylic acids is 1. The molecule has 0 bridgehead atoms. The Kier molecular flexibility index (Phi) is 8.80. The van der Waals surface area contributed by atoms with Gasteiger partial charge >= 0.3 is 5.97 Å². The van der Waals surface area contributed by atoms with E-state index in [2.05, 4.69) is 26.7 Å². The van der Waals surface area contributed by atoms with E-state index in [0.717, 1.165) is 55.6 Å². The molecule has 0 spiro atoms. The van der Waals surface area contributed by atoms with Crippen molar-refractivity contribution in [2.24, 2.45) is 11.8 Å². The van der Waals surface area contributed by atoms with E-state index in [1.165, 1.54) is 11.1 Å². The number of fused-ring (bicyclic) bond motifs is 1. The summed E-state index contributed by atoms with van der Waals surface area (Å²) >= 11 is 3.57. The number of benzene rings is 1. The Labute approximate surface area is 208 Å². The summed E-state index contributed by atoms with van der Waals surface area (Å²) in [5, 5.41) is 14.5. The number of aryl methyl sites for hydroxylation is 1. The van der Waals surface area contributed by atoms with Crippen molar-refractivity contribution in [3.05, 3.63) is 52.6 Å². The van der Waals surface area contributed by atoms with E-state index in [-0.39, 0.29) is 18.2 Å². The predicted molar refractivity (Wildman–Crippen MR) is 137 cm³/mol. The molecule has 0 unspecified atom stereocenters. The summed E-state index contributed by atoms with van der Waals surface area (Å²) in [6, 6.07) is 7.67. The van der Waals surface area contributed by atoms with Crippen LogP contribution >= 0.6 is 23.1 Å². The highest BCUT2D eigenvalue weighted by molar-refractivity contribution is 7.99. The molecule has 3 heterocycles. The van der Waals surface area contributed by atoms with Crippen LogP contribution < -0.4 is 4.74 Å². The van der Waals surface area contributed by atoms with Crippen LogP contribution in [0.1, 0.15) is 31.2 Å². The first-order chi connectivity index (χ1) is 16.5. The maximum Gasteiger partial charge on any atom is 0.303 e. The largest absolute Gasteiger partial charge is 0.497 e. The molecule has 1 aromatic carbocycles. The Morgan fingerprint density at radius 3 is 3.00 bits per heavy atom. The molecule has 0 aliphatic carbocycles. The van der Waals surface area contributed by atoms with Crippen molar-refractivity contribution in [2.45, 2.75) is 37.0 Å². The van der Waals surface area contributed by atoms with Gasteiger partial charge in [-0.05, 0) is 79.3 Å². The molecular weight excluding hydrogens is 471 g/mol. The number of nitrogens with zero attached hydrogens (tertiary/aromatic N) is 2. The van der Waals surface area contributed by atoms with E-state index < -0.39 is 5.97 Å². The minimum absolute atomic E-state index is 0.136. The number of piperidine rings is 1. The number of carboxylic acid groups (broad SMARTS) is 1. The molecule has 1 N–H and O–H groups in total. The Bertz CT molecular complexity index is 1090. The summed E-state index contributed by atoms with van der Waals surface area (Å²) in [6.45, 7) is 2.79. The maximum absolute atomic E-state index is 14.7. The molecule has 0 amide bonds. The molecule has 1 aliphatic heterocycles. The van der Waals surface area contributed by atoms with Crippen molar-refractivity contribution in [1.82, 2.24) is 9.88 Å². The molecule has 2 atom stereocenters. The zero-order valence-electron chi connectivity index (χ0n) is 19.4. The van der Waals surface area contributed by atoms with Crippen molar-refractivity contribution < 1.29 is 19.0 Å². The lowest BCUT2D eigenvalue weighted by Crippen LogP contribution is -2.42. The van der Waals surface area contributed by atoms with Crippen molar-refractivity contribution in [3.8, 4) is 5.75 Å². The van der Waals surface area contributed by atoms with Gasteiger partial charge in [-0.3, -0.25) is 9.78 Å². The van der Waals surface area contributed by atoms with Crippen LogP contribution in [0.2, 0.25) is 0 Å². The van der Waals surface area contributed by atoms with Crippen LogP contribution in [0.3, 0.4) is 0 Å². The molecule has 0 radical (unpaired) electrons. The summed E-state index contributed by atoms with van der Waals surface area (Å²) in [6.07, 6.45) is 4.82. The number of carboxylic acids is 1. The highest BCUT2D eigenvalue weighted by Crippen LogP contribution is 2.32. The first-order valence-electron chi connectivity index (χ1n) is 11.7. The number of aromatic nitrogens is 1. The number of pyridine rings is 1. The summed E-state index contributed by atoms with van der Waals surface area (Å²) < 4.78 is 20.0. The number of hydrogen-bond donors (Lipinski definition) is 1. The number of thiophene rings is 1. The van der Waals surface area contributed by atoms with Gasteiger partial charge < -0.3 is 14.7 Å². The van der Waals surface area contributed by atoms with Gasteiger partial charge in [-0.1, -0.05) is 0 Å². The Hall–Kier alpha value is -2.16. The molecule has 4 rings (SSSR count). The third-order valence-electron chi connectivity index (χ3n) is 6.72. The second kappa shape index (κ2) is 12.0. The van der Waals surface area contributed by atoms with E-state index in [1.54, 1.807) is 18.4 Å². The minimum atomic E-state index is -0.734. The first-order valence-corrected chi connectivity index (χ1v) is 13.7. The second-order valence-corrected chi connectivity index (χ2v) is 10.8. The lowest BCUT2D eigenvalue weighted by molar-refractivity contribution is -0.139. The van der Waals surface area contributed by atoms with Gasteiger partial charge in [-0.25, -0.2) is 4.39 Å². The van der Waals surface area contributed by atoms with Crippen molar-refractivity contribution in [2.75, 3.05) is 32.5 Å². The van der Waals surface area contributed by atoms with E-state index in [0.29, 0.717) is 23.7 Å². The molecule has 3 aromatic rings. The Morgan fingerprint density at radius 2 is 2.24 bits per heavy atom. The van der Waals surface area contributed by atoms with Crippen LogP contribution in [0.5, 0.6) is 5.75 Å². The summed E-state index contributed by atoms with van der Waals surface area (Å²) in [7, 11) is 1.60. The first kappa shape index (κ1) is 24.9. The van der Waals surface area contributed by atoms with Gasteiger partial charge in [-0.2, -0.15) is 11.3 Å². The monoisotopic (exact) mass is 502 g/mol. The molecule has 1 saturated heterocycles. The molecule has 5 nitrogen and oxygen atoms in total. The highest BCUT2D eigenvalue weighted by atomic mass is 32.2.